The first-order valence-corrected chi connectivity index (χ1v) is 8.45. The summed E-state index contributed by atoms with van der Waals surface area (Å²) in [7, 11) is 0. The molecule has 5 nitrogen and oxygen atoms in total. The second-order valence-electron chi connectivity index (χ2n) is 6.06. The SMILES string of the molecule is CC(=O)c1cc([N+](=O)[O-])c(N2CCCC3CCCCC32)s1. The van der Waals surface area contributed by atoms with E-state index in [0.717, 1.165) is 19.4 Å². The number of nitrogens with zero attached hydrogens (tertiary/aromatic N) is 2. The van der Waals surface area contributed by atoms with Crippen LogP contribution in [-0.2, 0) is 0 Å². The quantitative estimate of drug-likeness (QED) is 0.480. The molecule has 6 heteroatoms. The normalized spacial score (nSPS) is 25.5. The largest absolute Gasteiger partial charge is 0.355 e. The van der Waals surface area contributed by atoms with Gasteiger partial charge in [-0.15, -0.1) is 11.3 Å². The molecule has 2 aliphatic rings. The highest BCUT2D eigenvalue weighted by Gasteiger charge is 2.37. The van der Waals surface area contributed by atoms with Crippen LogP contribution in [0.1, 0.15) is 55.1 Å². The molecule has 21 heavy (non-hydrogen) atoms. The van der Waals surface area contributed by atoms with Crippen LogP contribution in [0.4, 0.5) is 10.7 Å². The number of carbonyl (C=O) groups excluding carboxylic acids is 1. The van der Waals surface area contributed by atoms with Gasteiger partial charge in [-0.1, -0.05) is 12.8 Å². The summed E-state index contributed by atoms with van der Waals surface area (Å²) in [4.78, 5) is 25.3. The third-order valence-electron chi connectivity index (χ3n) is 4.74. The molecule has 1 aromatic heterocycles. The number of piperidine rings is 1. The van der Waals surface area contributed by atoms with Gasteiger partial charge in [0.05, 0.1) is 9.80 Å². The Bertz CT molecular complexity index is 567. The van der Waals surface area contributed by atoms with Crippen molar-refractivity contribution in [2.75, 3.05) is 11.4 Å². The smallest absolute Gasteiger partial charge is 0.304 e. The van der Waals surface area contributed by atoms with Crippen LogP contribution < -0.4 is 4.90 Å². The van der Waals surface area contributed by atoms with E-state index in [0.29, 0.717) is 21.8 Å². The Labute approximate surface area is 128 Å². The van der Waals surface area contributed by atoms with Gasteiger partial charge < -0.3 is 4.90 Å². The third kappa shape index (κ3) is 2.69. The second kappa shape index (κ2) is 5.75. The predicted molar refractivity (Wildman–Crippen MR) is 83.3 cm³/mol. The molecule has 1 aliphatic heterocycles. The summed E-state index contributed by atoms with van der Waals surface area (Å²) in [6.07, 6.45) is 7.16. The van der Waals surface area contributed by atoms with Gasteiger partial charge in [-0.2, -0.15) is 0 Å². The Hall–Kier alpha value is -1.43. The van der Waals surface area contributed by atoms with Crippen LogP contribution in [0.25, 0.3) is 0 Å². The van der Waals surface area contributed by atoms with Crippen molar-refractivity contribution in [3.63, 3.8) is 0 Å². The summed E-state index contributed by atoms with van der Waals surface area (Å²) < 4.78 is 0. The minimum Gasteiger partial charge on any atom is -0.355 e. The number of fused-ring (bicyclic) bond motifs is 1. The van der Waals surface area contributed by atoms with E-state index < -0.39 is 0 Å². The first kappa shape index (κ1) is 14.5. The molecule has 2 unspecified atom stereocenters. The maximum atomic E-state index is 11.6. The minimum absolute atomic E-state index is 0.0912. The number of anilines is 1. The lowest BCUT2D eigenvalue weighted by Gasteiger charge is -2.44. The van der Waals surface area contributed by atoms with Crippen LogP contribution >= 0.6 is 11.3 Å². The molecular formula is C15H20N2O3S. The Morgan fingerprint density at radius 1 is 1.33 bits per heavy atom. The van der Waals surface area contributed by atoms with E-state index in [2.05, 4.69) is 4.90 Å². The van der Waals surface area contributed by atoms with Crippen molar-refractivity contribution in [2.24, 2.45) is 5.92 Å². The van der Waals surface area contributed by atoms with Gasteiger partial charge in [0.25, 0.3) is 0 Å². The number of rotatable bonds is 3. The van der Waals surface area contributed by atoms with Gasteiger partial charge in [0, 0.05) is 18.7 Å². The fourth-order valence-corrected chi connectivity index (χ4v) is 4.86. The molecule has 1 aromatic rings. The molecular weight excluding hydrogens is 288 g/mol. The minimum atomic E-state index is -0.343. The highest BCUT2D eigenvalue weighted by Crippen LogP contribution is 2.44. The first-order valence-electron chi connectivity index (χ1n) is 7.63. The van der Waals surface area contributed by atoms with Gasteiger partial charge in [-0.25, -0.2) is 0 Å². The fourth-order valence-electron chi connectivity index (χ4n) is 3.76. The molecule has 0 N–H and O–H groups in total. The van der Waals surface area contributed by atoms with Gasteiger partial charge in [-0.3, -0.25) is 14.9 Å². The maximum absolute atomic E-state index is 11.6. The molecule has 0 aromatic carbocycles. The van der Waals surface area contributed by atoms with Gasteiger partial charge >= 0.3 is 5.69 Å². The number of Topliss-reactive ketones (excluding diaryl/α,β-unsaturated/α-hetero) is 1. The van der Waals surface area contributed by atoms with E-state index in [1.807, 2.05) is 0 Å². The summed E-state index contributed by atoms with van der Waals surface area (Å²) in [5.41, 5.74) is 0.108. The van der Waals surface area contributed by atoms with Crippen LogP contribution in [0.3, 0.4) is 0 Å². The first-order chi connectivity index (χ1) is 10.1. The van der Waals surface area contributed by atoms with Crippen molar-refractivity contribution in [1.29, 1.82) is 0 Å². The lowest BCUT2D eigenvalue weighted by atomic mass is 9.78. The van der Waals surface area contributed by atoms with Crippen LogP contribution in [0.2, 0.25) is 0 Å². The molecule has 1 aliphatic carbocycles. The summed E-state index contributed by atoms with van der Waals surface area (Å²) in [6, 6.07) is 1.87. The van der Waals surface area contributed by atoms with E-state index in [1.165, 1.54) is 50.0 Å². The standard InChI is InChI=1S/C15H20N2O3S/c1-10(18)14-9-13(17(19)20)15(21-14)16-8-4-6-11-5-2-3-7-12(11)16/h9,11-12H,2-8H2,1H3. The Morgan fingerprint density at radius 3 is 2.76 bits per heavy atom. The molecule has 3 rings (SSSR count). The Morgan fingerprint density at radius 2 is 2.05 bits per heavy atom. The van der Waals surface area contributed by atoms with Gasteiger partial charge in [0.15, 0.2) is 10.8 Å². The molecule has 0 bridgehead atoms. The van der Waals surface area contributed by atoms with Crippen molar-refractivity contribution in [3.8, 4) is 0 Å². The van der Waals surface area contributed by atoms with Crippen LogP contribution in [0, 0.1) is 16.0 Å². The molecule has 2 fully saturated rings. The van der Waals surface area contributed by atoms with Crippen molar-refractivity contribution in [3.05, 3.63) is 21.1 Å². The number of thiophene rings is 1. The van der Waals surface area contributed by atoms with E-state index in [4.69, 9.17) is 0 Å². The molecule has 114 valence electrons. The van der Waals surface area contributed by atoms with E-state index >= 15 is 0 Å². The molecule has 2 heterocycles. The third-order valence-corrected chi connectivity index (χ3v) is 6.00. The zero-order chi connectivity index (χ0) is 15.0. The van der Waals surface area contributed by atoms with Crippen LogP contribution in [-0.4, -0.2) is 23.3 Å². The number of hydrogen-bond acceptors (Lipinski definition) is 5. The fraction of sp³-hybridized carbons (Fsp3) is 0.667. The van der Waals surface area contributed by atoms with Crippen LogP contribution in [0.5, 0.6) is 0 Å². The molecule has 1 saturated carbocycles. The van der Waals surface area contributed by atoms with Crippen molar-refractivity contribution in [1.82, 2.24) is 0 Å². The lowest BCUT2D eigenvalue weighted by molar-refractivity contribution is -0.383. The van der Waals surface area contributed by atoms with E-state index in [1.54, 1.807) is 0 Å². The predicted octanol–water partition coefficient (Wildman–Crippen LogP) is 4.02. The Kier molecular flexibility index (Phi) is 3.97. The maximum Gasteiger partial charge on any atom is 0.304 e. The molecule has 0 radical (unpaired) electrons. The molecule has 0 amide bonds. The average molecular weight is 308 g/mol. The number of hydrogen-bond donors (Lipinski definition) is 0. The highest BCUT2D eigenvalue weighted by atomic mass is 32.1. The summed E-state index contributed by atoms with van der Waals surface area (Å²) in [6.45, 7) is 2.35. The van der Waals surface area contributed by atoms with E-state index in [-0.39, 0.29) is 16.4 Å². The summed E-state index contributed by atoms with van der Waals surface area (Å²) in [5, 5.41) is 12.0. The van der Waals surface area contributed by atoms with Crippen molar-refractivity contribution < 1.29 is 9.72 Å². The second-order valence-corrected chi connectivity index (χ2v) is 7.09. The van der Waals surface area contributed by atoms with Gasteiger partial charge in [-0.05, 0) is 38.5 Å². The Balaban J connectivity index is 1.97. The molecule has 2 atom stereocenters. The average Bonchev–Trinajstić information content (AvgIpc) is 2.92. The lowest BCUT2D eigenvalue weighted by Crippen LogP contribution is -2.46. The van der Waals surface area contributed by atoms with Gasteiger partial charge in [0.2, 0.25) is 0 Å². The number of nitro groups is 1. The van der Waals surface area contributed by atoms with Gasteiger partial charge in [0.1, 0.15) is 0 Å². The zero-order valence-electron chi connectivity index (χ0n) is 12.2. The molecule has 1 saturated heterocycles. The van der Waals surface area contributed by atoms with Crippen LogP contribution in [0.15, 0.2) is 6.07 Å². The summed E-state index contributed by atoms with van der Waals surface area (Å²) >= 11 is 1.29. The molecule has 0 spiro atoms. The highest BCUT2D eigenvalue weighted by molar-refractivity contribution is 7.18. The van der Waals surface area contributed by atoms with E-state index in [9.17, 15) is 14.9 Å². The van der Waals surface area contributed by atoms with Crippen molar-refractivity contribution in [2.45, 2.75) is 51.5 Å². The summed E-state index contributed by atoms with van der Waals surface area (Å²) in [5.74, 6) is 0.571. The zero-order valence-corrected chi connectivity index (χ0v) is 13.0. The topological polar surface area (TPSA) is 63.4 Å². The van der Waals surface area contributed by atoms with Crippen molar-refractivity contribution >= 4 is 27.8 Å². The monoisotopic (exact) mass is 308 g/mol. The number of ketones is 1. The number of carbonyl (C=O) groups is 1.